The second-order valence-corrected chi connectivity index (χ2v) is 5.08. The van der Waals surface area contributed by atoms with Crippen LogP contribution >= 0.6 is 0 Å². The molecule has 1 atom stereocenters. The summed E-state index contributed by atoms with van der Waals surface area (Å²) in [5.74, 6) is 0. The van der Waals surface area contributed by atoms with E-state index < -0.39 is 0 Å². The quantitative estimate of drug-likeness (QED) is 0.807. The summed E-state index contributed by atoms with van der Waals surface area (Å²) in [5.41, 5.74) is 0.430. The summed E-state index contributed by atoms with van der Waals surface area (Å²) < 4.78 is 0.0949. The molecule has 0 aromatic carbocycles. The van der Waals surface area contributed by atoms with Gasteiger partial charge in [0, 0.05) is 0 Å². The van der Waals surface area contributed by atoms with Gasteiger partial charge in [0.1, 0.15) is 0 Å². The molecule has 0 aromatic rings. The van der Waals surface area contributed by atoms with Crippen molar-refractivity contribution >= 4 is 0 Å². The molecular weight excluding hydrogens is 241 g/mol. The van der Waals surface area contributed by atoms with Crippen LogP contribution in [0.4, 0.5) is 0 Å². The zero-order valence-corrected chi connectivity index (χ0v) is 9.63. The van der Waals surface area contributed by atoms with Crippen molar-refractivity contribution in [3.05, 3.63) is 0 Å². The molecule has 1 aliphatic carbocycles. The number of aliphatic hydroxyl groups excluding tert-OH is 1. The predicted molar refractivity (Wildman–Crippen MR) is 32.6 cm³/mol. The van der Waals surface area contributed by atoms with E-state index in [0.717, 1.165) is 39.2 Å². The zero-order valence-electron chi connectivity index (χ0n) is 5.93. The monoisotopic (exact) mass is 254 g/mol. The second-order valence-electron chi connectivity index (χ2n) is 3.06. The molecule has 1 fully saturated rings. The molecule has 0 saturated heterocycles. The van der Waals surface area contributed by atoms with Gasteiger partial charge in [-0.15, -0.1) is 0 Å². The molecule has 2 heteroatoms. The second kappa shape index (κ2) is 3.15. The third-order valence-electron chi connectivity index (χ3n) is 2.27. The van der Waals surface area contributed by atoms with Gasteiger partial charge in [-0.2, -0.15) is 0 Å². The van der Waals surface area contributed by atoms with Gasteiger partial charge in [-0.05, 0) is 0 Å². The van der Waals surface area contributed by atoms with Crippen LogP contribution in [-0.2, 0) is 0 Å². The van der Waals surface area contributed by atoms with Crippen molar-refractivity contribution in [2.45, 2.75) is 34.3 Å². The van der Waals surface area contributed by atoms with Crippen LogP contribution in [-0.4, -0.2) is 6.79 Å². The Labute approximate surface area is 83.2 Å². The van der Waals surface area contributed by atoms with Crippen LogP contribution in [0.5, 0.6) is 0 Å². The summed E-state index contributed by atoms with van der Waals surface area (Å²) in [4.78, 5) is 0. The molecule has 1 aliphatic rings. The molecular formula is C7H13OPr. The Morgan fingerprint density at radius 2 is 2.22 bits per heavy atom. The fourth-order valence-electron chi connectivity index (χ4n) is 1.35. The van der Waals surface area contributed by atoms with Crippen molar-refractivity contribution in [1.29, 1.82) is 0 Å². The molecule has 0 radical (unpaired) electrons. The predicted octanol–water partition coefficient (Wildman–Crippen LogP) is 1.43. The van der Waals surface area contributed by atoms with Crippen LogP contribution in [0.2, 0.25) is 0 Å². The van der Waals surface area contributed by atoms with Crippen molar-refractivity contribution < 1.29 is 44.3 Å². The Hall–Kier alpha value is 1.32. The van der Waals surface area contributed by atoms with Crippen LogP contribution < -0.4 is 0 Å². The summed E-state index contributed by atoms with van der Waals surface area (Å²) >= 11 is 0.768. The third kappa shape index (κ3) is 1.88. The Morgan fingerprint density at radius 1 is 1.67 bits per heavy atom. The fraction of sp³-hybridized carbons (Fsp3) is 1.00. The van der Waals surface area contributed by atoms with Crippen molar-refractivity contribution in [3.63, 3.8) is 0 Å². The number of hydrogen-bond donors (Lipinski definition) is 1. The molecule has 0 spiro atoms. The first kappa shape index (κ1) is 8.42. The average Bonchev–Trinajstić information content (AvgIpc) is 2.49. The van der Waals surface area contributed by atoms with Crippen LogP contribution in [0, 0.1) is 44.6 Å². The van der Waals surface area contributed by atoms with E-state index in [-0.39, 0.29) is 1.69 Å². The summed E-state index contributed by atoms with van der Waals surface area (Å²) in [6.07, 6.45) is 5.07. The molecule has 1 saturated carbocycles. The van der Waals surface area contributed by atoms with Crippen LogP contribution in [0.15, 0.2) is 0 Å². The third-order valence-corrected chi connectivity index (χ3v) is 4.54. The topological polar surface area (TPSA) is 20.2 Å². The minimum absolute atomic E-state index is 0.0949. The van der Waals surface area contributed by atoms with Gasteiger partial charge < -0.3 is 0 Å². The Morgan fingerprint density at radius 3 is 2.33 bits per heavy atom. The summed E-state index contributed by atoms with van der Waals surface area (Å²) in [6.45, 7) is 2.20. The SMILES string of the molecule is CCCC1([CH](O)[Pr])CC1. The van der Waals surface area contributed by atoms with Crippen LogP contribution in [0.3, 0.4) is 0 Å². The van der Waals surface area contributed by atoms with Gasteiger partial charge in [0.2, 0.25) is 0 Å². The van der Waals surface area contributed by atoms with E-state index in [9.17, 15) is 5.11 Å². The average molecular weight is 254 g/mol. The van der Waals surface area contributed by atoms with E-state index in [1.54, 1.807) is 0 Å². The van der Waals surface area contributed by atoms with Gasteiger partial charge in [-0.1, -0.05) is 0 Å². The zero-order chi connectivity index (χ0) is 6.91. The van der Waals surface area contributed by atoms with E-state index in [1.165, 1.54) is 25.7 Å². The van der Waals surface area contributed by atoms with Crippen molar-refractivity contribution in [1.82, 2.24) is 0 Å². The van der Waals surface area contributed by atoms with Crippen LogP contribution in [0.1, 0.15) is 32.6 Å². The number of rotatable bonds is 3. The molecule has 1 nitrogen and oxygen atoms in total. The van der Waals surface area contributed by atoms with E-state index in [4.69, 9.17) is 0 Å². The van der Waals surface area contributed by atoms with Gasteiger partial charge in [0.25, 0.3) is 0 Å². The van der Waals surface area contributed by atoms with E-state index in [0.29, 0.717) is 5.41 Å². The van der Waals surface area contributed by atoms with Crippen LogP contribution in [0.25, 0.3) is 0 Å². The molecule has 1 unspecified atom stereocenters. The van der Waals surface area contributed by atoms with Crippen molar-refractivity contribution in [2.24, 2.45) is 5.41 Å². The van der Waals surface area contributed by atoms with E-state index >= 15 is 0 Å². The Bertz CT molecular complexity index is 97.1. The first-order valence-corrected chi connectivity index (χ1v) is 5.79. The summed E-state index contributed by atoms with van der Waals surface area (Å²) in [6, 6.07) is 0. The Kier molecular flexibility index (Phi) is 2.95. The van der Waals surface area contributed by atoms with E-state index in [1.807, 2.05) is 0 Å². The summed E-state index contributed by atoms with van der Waals surface area (Å²) in [7, 11) is 0. The molecule has 0 bridgehead atoms. The molecule has 0 aromatic heterocycles. The van der Waals surface area contributed by atoms with Gasteiger partial charge in [0.15, 0.2) is 0 Å². The molecule has 9 heavy (non-hydrogen) atoms. The Balaban J connectivity index is 2.33. The number of aliphatic hydroxyl groups is 1. The standard InChI is InChI=1S/C7H13O.Pr/c1-2-3-7(6-8)4-5-7;/h6,8H,2-5H2,1H3;. The van der Waals surface area contributed by atoms with Gasteiger partial charge in [-0.25, -0.2) is 0 Å². The van der Waals surface area contributed by atoms with E-state index in [2.05, 4.69) is 6.92 Å². The van der Waals surface area contributed by atoms with Crippen molar-refractivity contribution in [3.8, 4) is 0 Å². The minimum atomic E-state index is 0.0949. The fourth-order valence-corrected chi connectivity index (χ4v) is 2.96. The van der Waals surface area contributed by atoms with Gasteiger partial charge in [0.05, 0.1) is 0 Å². The molecule has 0 aliphatic heterocycles. The molecule has 1 rings (SSSR count). The molecule has 1 N–H and O–H groups in total. The normalized spacial score (nSPS) is 25.4. The molecule has 0 heterocycles. The summed E-state index contributed by atoms with van der Waals surface area (Å²) in [5, 5.41) is 9.35. The van der Waals surface area contributed by atoms with Gasteiger partial charge >= 0.3 is 84.0 Å². The maximum atomic E-state index is 9.35. The molecule has 0 amide bonds. The first-order chi connectivity index (χ1) is 4.21. The maximum absolute atomic E-state index is 9.35. The van der Waals surface area contributed by atoms with Gasteiger partial charge in [-0.3, -0.25) is 0 Å². The first-order valence-electron chi connectivity index (χ1n) is 3.65. The molecule has 50 valence electrons. The number of hydrogen-bond acceptors (Lipinski definition) is 1. The van der Waals surface area contributed by atoms with Crippen molar-refractivity contribution in [2.75, 3.05) is 0 Å².